The fraction of sp³-hybridized carbons (Fsp3) is 0.571. The fourth-order valence-corrected chi connectivity index (χ4v) is 1.65. The Hall–Kier alpha value is -1.50. The molecule has 0 saturated heterocycles. The summed E-state index contributed by atoms with van der Waals surface area (Å²) in [4.78, 5) is 14.8. The molecule has 1 aromatic rings. The van der Waals surface area contributed by atoms with Crippen molar-refractivity contribution in [3.8, 4) is 0 Å². The first-order chi connectivity index (χ1) is 9.74. The number of nitrogens with two attached hydrogens (primary N) is 1. The van der Waals surface area contributed by atoms with Gasteiger partial charge in [0.15, 0.2) is 0 Å². The summed E-state index contributed by atoms with van der Waals surface area (Å²) in [6.45, 7) is 2.91. The molecular formula is C14H22N2O4. The Kier molecular flexibility index (Phi) is 8.53. The van der Waals surface area contributed by atoms with Gasteiger partial charge in [0.05, 0.1) is 19.8 Å². The SMILES string of the molecule is NCCOCCOCCCCc1cccc(C(=O)O)n1. The molecule has 112 valence electrons. The summed E-state index contributed by atoms with van der Waals surface area (Å²) in [5.74, 6) is -0.993. The van der Waals surface area contributed by atoms with Crippen molar-refractivity contribution in [2.45, 2.75) is 19.3 Å². The van der Waals surface area contributed by atoms with Crippen molar-refractivity contribution in [1.82, 2.24) is 4.98 Å². The molecule has 0 radical (unpaired) electrons. The zero-order valence-electron chi connectivity index (χ0n) is 11.6. The maximum atomic E-state index is 10.8. The Labute approximate surface area is 118 Å². The molecule has 1 aromatic heterocycles. The van der Waals surface area contributed by atoms with Gasteiger partial charge in [0.25, 0.3) is 0 Å². The summed E-state index contributed by atoms with van der Waals surface area (Å²) in [5.41, 5.74) is 6.18. The standard InChI is InChI=1S/C14H22N2O4/c15-7-9-20-11-10-19-8-2-1-4-12-5-3-6-13(16-12)14(17)18/h3,5-6H,1-2,4,7-11,15H2,(H,17,18). The number of ether oxygens (including phenoxy) is 2. The van der Waals surface area contributed by atoms with Gasteiger partial charge >= 0.3 is 5.97 Å². The molecule has 1 heterocycles. The molecule has 0 amide bonds. The van der Waals surface area contributed by atoms with Crippen LogP contribution in [0.4, 0.5) is 0 Å². The Morgan fingerprint density at radius 1 is 1.15 bits per heavy atom. The van der Waals surface area contributed by atoms with E-state index in [4.69, 9.17) is 20.3 Å². The van der Waals surface area contributed by atoms with E-state index in [1.807, 2.05) is 6.07 Å². The minimum absolute atomic E-state index is 0.0933. The third-order valence-electron chi connectivity index (χ3n) is 2.63. The highest BCUT2D eigenvalue weighted by Gasteiger charge is 2.04. The number of rotatable bonds is 11. The van der Waals surface area contributed by atoms with E-state index in [1.165, 1.54) is 6.07 Å². The van der Waals surface area contributed by atoms with Crippen molar-refractivity contribution in [3.05, 3.63) is 29.6 Å². The molecule has 3 N–H and O–H groups in total. The van der Waals surface area contributed by atoms with Gasteiger partial charge < -0.3 is 20.3 Å². The van der Waals surface area contributed by atoms with Crippen molar-refractivity contribution >= 4 is 5.97 Å². The van der Waals surface area contributed by atoms with Gasteiger partial charge in [-0.1, -0.05) is 6.07 Å². The van der Waals surface area contributed by atoms with Crippen LogP contribution in [0.15, 0.2) is 18.2 Å². The van der Waals surface area contributed by atoms with Gasteiger partial charge in [-0.15, -0.1) is 0 Å². The van der Waals surface area contributed by atoms with Gasteiger partial charge in [0.1, 0.15) is 5.69 Å². The zero-order valence-corrected chi connectivity index (χ0v) is 11.6. The summed E-state index contributed by atoms with van der Waals surface area (Å²) in [7, 11) is 0. The molecule has 1 rings (SSSR count). The predicted octanol–water partition coefficient (Wildman–Crippen LogP) is 1.09. The van der Waals surface area contributed by atoms with Crippen LogP contribution in [0, 0.1) is 0 Å². The lowest BCUT2D eigenvalue weighted by atomic mass is 10.2. The summed E-state index contributed by atoms with van der Waals surface area (Å²) >= 11 is 0. The molecule has 0 aromatic carbocycles. The number of aromatic carboxylic acids is 1. The van der Waals surface area contributed by atoms with Crippen LogP contribution in [-0.4, -0.2) is 49.0 Å². The summed E-state index contributed by atoms with van der Waals surface area (Å²) in [6, 6.07) is 5.06. The van der Waals surface area contributed by atoms with E-state index in [-0.39, 0.29) is 5.69 Å². The first-order valence-electron chi connectivity index (χ1n) is 6.79. The van der Waals surface area contributed by atoms with E-state index in [0.29, 0.717) is 33.0 Å². The smallest absolute Gasteiger partial charge is 0.354 e. The van der Waals surface area contributed by atoms with Crippen molar-refractivity contribution in [2.75, 3.05) is 33.0 Å². The summed E-state index contributed by atoms with van der Waals surface area (Å²) in [5, 5.41) is 8.84. The Morgan fingerprint density at radius 2 is 1.90 bits per heavy atom. The molecule has 0 aliphatic carbocycles. The predicted molar refractivity (Wildman–Crippen MR) is 74.8 cm³/mol. The highest BCUT2D eigenvalue weighted by atomic mass is 16.5. The molecule has 0 fully saturated rings. The van der Waals surface area contributed by atoms with Gasteiger partial charge in [0, 0.05) is 18.8 Å². The van der Waals surface area contributed by atoms with Gasteiger partial charge in [-0.05, 0) is 31.4 Å². The first-order valence-corrected chi connectivity index (χ1v) is 6.79. The molecule has 0 aliphatic rings. The minimum atomic E-state index is -0.993. The normalized spacial score (nSPS) is 10.7. The maximum absolute atomic E-state index is 10.8. The first kappa shape index (κ1) is 16.6. The number of aromatic nitrogens is 1. The molecule has 0 spiro atoms. The van der Waals surface area contributed by atoms with Crippen LogP contribution in [0.3, 0.4) is 0 Å². The number of hydrogen-bond acceptors (Lipinski definition) is 5. The number of unbranched alkanes of at least 4 members (excludes halogenated alkanes) is 1. The average Bonchev–Trinajstić information content (AvgIpc) is 2.46. The minimum Gasteiger partial charge on any atom is -0.477 e. The maximum Gasteiger partial charge on any atom is 0.354 e. The van der Waals surface area contributed by atoms with Gasteiger partial charge in [-0.2, -0.15) is 0 Å². The second-order valence-electron chi connectivity index (χ2n) is 4.29. The molecule has 0 saturated carbocycles. The van der Waals surface area contributed by atoms with Crippen LogP contribution in [-0.2, 0) is 15.9 Å². The summed E-state index contributed by atoms with van der Waals surface area (Å²) in [6.07, 6.45) is 2.59. The van der Waals surface area contributed by atoms with E-state index in [1.54, 1.807) is 6.07 Å². The van der Waals surface area contributed by atoms with E-state index in [0.717, 1.165) is 25.0 Å². The number of carboxylic acids is 1. The molecule has 0 atom stereocenters. The molecule has 6 heteroatoms. The largest absolute Gasteiger partial charge is 0.477 e. The molecular weight excluding hydrogens is 260 g/mol. The van der Waals surface area contributed by atoms with Crippen molar-refractivity contribution in [2.24, 2.45) is 5.73 Å². The second kappa shape index (κ2) is 10.3. The topological polar surface area (TPSA) is 94.7 Å². The monoisotopic (exact) mass is 282 g/mol. The van der Waals surface area contributed by atoms with Crippen molar-refractivity contribution < 1.29 is 19.4 Å². The van der Waals surface area contributed by atoms with Crippen LogP contribution in [0.2, 0.25) is 0 Å². The van der Waals surface area contributed by atoms with Crippen LogP contribution in [0.5, 0.6) is 0 Å². The van der Waals surface area contributed by atoms with Crippen molar-refractivity contribution in [3.63, 3.8) is 0 Å². The van der Waals surface area contributed by atoms with E-state index in [2.05, 4.69) is 4.98 Å². The van der Waals surface area contributed by atoms with Crippen LogP contribution in [0.25, 0.3) is 0 Å². The highest BCUT2D eigenvalue weighted by Crippen LogP contribution is 2.04. The molecule has 0 bridgehead atoms. The molecule has 20 heavy (non-hydrogen) atoms. The number of nitrogens with zero attached hydrogens (tertiary/aromatic N) is 1. The van der Waals surface area contributed by atoms with E-state index in [9.17, 15) is 4.79 Å². The van der Waals surface area contributed by atoms with Crippen LogP contribution >= 0.6 is 0 Å². The van der Waals surface area contributed by atoms with Gasteiger partial charge in [-0.3, -0.25) is 0 Å². The van der Waals surface area contributed by atoms with E-state index < -0.39 is 5.97 Å². The van der Waals surface area contributed by atoms with E-state index >= 15 is 0 Å². The average molecular weight is 282 g/mol. The number of pyridine rings is 1. The van der Waals surface area contributed by atoms with Crippen LogP contribution in [0.1, 0.15) is 29.0 Å². The highest BCUT2D eigenvalue weighted by molar-refractivity contribution is 5.85. The van der Waals surface area contributed by atoms with Gasteiger partial charge in [-0.25, -0.2) is 9.78 Å². The lowest BCUT2D eigenvalue weighted by Gasteiger charge is -2.05. The van der Waals surface area contributed by atoms with Crippen molar-refractivity contribution in [1.29, 1.82) is 0 Å². The Balaban J connectivity index is 2.06. The number of aryl methyl sites for hydroxylation is 1. The number of carbonyl (C=O) groups is 1. The number of hydrogen-bond donors (Lipinski definition) is 2. The fourth-order valence-electron chi connectivity index (χ4n) is 1.65. The quantitative estimate of drug-likeness (QED) is 0.590. The zero-order chi connectivity index (χ0) is 14.6. The lowest BCUT2D eigenvalue weighted by Crippen LogP contribution is -2.12. The number of carboxylic acid groups (broad SMARTS) is 1. The molecule has 6 nitrogen and oxygen atoms in total. The lowest BCUT2D eigenvalue weighted by molar-refractivity contribution is 0.0493. The molecule has 0 aliphatic heterocycles. The third-order valence-corrected chi connectivity index (χ3v) is 2.63. The Bertz CT molecular complexity index is 399. The third kappa shape index (κ3) is 7.18. The molecule has 0 unspecified atom stereocenters. The second-order valence-corrected chi connectivity index (χ2v) is 4.29. The summed E-state index contributed by atoms with van der Waals surface area (Å²) < 4.78 is 10.6. The van der Waals surface area contributed by atoms with Crippen LogP contribution < -0.4 is 5.73 Å². The Morgan fingerprint density at radius 3 is 2.60 bits per heavy atom. The van der Waals surface area contributed by atoms with Gasteiger partial charge in [0.2, 0.25) is 0 Å².